The molecule has 2 aliphatic rings. The van der Waals surface area contributed by atoms with Gasteiger partial charge in [-0.15, -0.1) is 0 Å². The van der Waals surface area contributed by atoms with Crippen molar-refractivity contribution >= 4 is 38.9 Å². The maximum Gasteiger partial charge on any atom is 0.132 e. The fourth-order valence-electron chi connectivity index (χ4n) is 10.8. The Balaban J connectivity index is 1.09. The lowest BCUT2D eigenvalue weighted by atomic mass is 9.65. The highest BCUT2D eigenvalue weighted by Gasteiger charge is 2.51. The van der Waals surface area contributed by atoms with Crippen molar-refractivity contribution in [1.82, 2.24) is 4.57 Å². The van der Waals surface area contributed by atoms with E-state index in [4.69, 9.17) is 4.74 Å². The topological polar surface area (TPSA) is 17.4 Å². The Morgan fingerprint density at radius 2 is 0.891 bits per heavy atom. The van der Waals surface area contributed by atoms with Crippen molar-refractivity contribution in [2.24, 2.45) is 0 Å². The highest BCUT2D eigenvalue weighted by Crippen LogP contribution is 2.63. The number of aromatic nitrogens is 1. The molecule has 0 fully saturated rings. The molecule has 0 saturated carbocycles. The first-order valence-electron chi connectivity index (χ1n) is 22.0. The van der Waals surface area contributed by atoms with Crippen LogP contribution in [0.3, 0.4) is 0 Å². The van der Waals surface area contributed by atoms with Crippen LogP contribution in [0.1, 0.15) is 22.3 Å². The highest BCUT2D eigenvalue weighted by atomic mass is 16.5. The minimum atomic E-state index is -0.684. The van der Waals surface area contributed by atoms with Crippen LogP contribution in [-0.4, -0.2) is 4.57 Å². The molecule has 10 aromatic carbocycles. The van der Waals surface area contributed by atoms with Gasteiger partial charge in [0.05, 0.1) is 16.4 Å². The summed E-state index contributed by atoms with van der Waals surface area (Å²) in [6, 6.07) is 88.1. The van der Waals surface area contributed by atoms with Crippen molar-refractivity contribution in [3.8, 4) is 50.6 Å². The van der Waals surface area contributed by atoms with Crippen LogP contribution in [0.2, 0.25) is 0 Å². The fraction of sp³-hybridized carbons (Fsp3) is 0.0164. The van der Waals surface area contributed by atoms with Gasteiger partial charge in [0.2, 0.25) is 0 Å². The highest BCUT2D eigenvalue weighted by molar-refractivity contribution is 6.10. The van der Waals surface area contributed by atoms with Crippen LogP contribution in [0, 0.1) is 0 Å². The standard InChI is InChI=1S/C61H40N2O/c1-5-19-41(20-6-1)51-39-56-60(40-52(51)42-21-7-2-8-22-42)64-59-32-18-16-30-54(59)61(56)53-29-15-13-27-47(53)48-35-33-45(37-55(48)61)62(43-23-9-3-10-24-43)46-34-36-50-49-28-14-17-31-57(49)63(58(50)38-46)44-25-11-4-12-26-44/h1-40H. The Morgan fingerprint density at radius 1 is 0.328 bits per heavy atom. The number of hydrogen-bond acceptors (Lipinski definition) is 2. The van der Waals surface area contributed by atoms with Gasteiger partial charge in [-0.1, -0.05) is 170 Å². The molecule has 64 heavy (non-hydrogen) atoms. The molecule has 0 saturated heterocycles. The van der Waals surface area contributed by atoms with Crippen molar-refractivity contribution in [2.45, 2.75) is 5.41 Å². The summed E-state index contributed by atoms with van der Waals surface area (Å²) in [5.74, 6) is 1.73. The molecule has 3 heteroatoms. The lowest BCUT2D eigenvalue weighted by Gasteiger charge is -2.40. The zero-order valence-electron chi connectivity index (χ0n) is 34.9. The average Bonchev–Trinajstić information content (AvgIpc) is 3.85. The van der Waals surface area contributed by atoms with E-state index < -0.39 is 5.41 Å². The minimum Gasteiger partial charge on any atom is -0.457 e. The molecule has 2 heterocycles. The van der Waals surface area contributed by atoms with Crippen molar-refractivity contribution in [2.75, 3.05) is 4.90 Å². The number of benzene rings is 10. The largest absolute Gasteiger partial charge is 0.457 e. The number of rotatable bonds is 6. The van der Waals surface area contributed by atoms with E-state index in [1.165, 1.54) is 44.1 Å². The van der Waals surface area contributed by atoms with Gasteiger partial charge in [0, 0.05) is 44.6 Å². The van der Waals surface area contributed by atoms with Crippen LogP contribution in [0.15, 0.2) is 243 Å². The molecule has 0 radical (unpaired) electrons. The lowest BCUT2D eigenvalue weighted by Crippen LogP contribution is -2.32. The molecule has 1 spiro atoms. The number of fused-ring (bicyclic) bond motifs is 12. The summed E-state index contributed by atoms with van der Waals surface area (Å²) in [6.07, 6.45) is 0. The lowest BCUT2D eigenvalue weighted by molar-refractivity contribution is 0.436. The molecule has 300 valence electrons. The molecule has 1 atom stereocenters. The smallest absolute Gasteiger partial charge is 0.132 e. The molecular formula is C61H40N2O. The van der Waals surface area contributed by atoms with E-state index in [2.05, 4.69) is 252 Å². The predicted octanol–water partition coefficient (Wildman–Crippen LogP) is 16.1. The number of ether oxygens (including phenoxy) is 1. The fourth-order valence-corrected chi connectivity index (χ4v) is 10.8. The monoisotopic (exact) mass is 816 g/mol. The first-order chi connectivity index (χ1) is 31.8. The molecule has 0 N–H and O–H groups in total. The molecule has 0 bridgehead atoms. The Morgan fingerprint density at radius 3 is 1.66 bits per heavy atom. The van der Waals surface area contributed by atoms with Gasteiger partial charge in [-0.2, -0.15) is 0 Å². The van der Waals surface area contributed by atoms with Crippen molar-refractivity contribution in [3.63, 3.8) is 0 Å². The quantitative estimate of drug-likeness (QED) is 0.166. The van der Waals surface area contributed by atoms with Crippen LogP contribution >= 0.6 is 0 Å². The summed E-state index contributed by atoms with van der Waals surface area (Å²) in [6.45, 7) is 0. The van der Waals surface area contributed by atoms with Crippen LogP contribution in [0.25, 0.3) is 60.9 Å². The molecule has 1 unspecified atom stereocenters. The molecule has 3 nitrogen and oxygen atoms in total. The van der Waals surface area contributed by atoms with E-state index in [0.717, 1.165) is 67.6 Å². The number of nitrogens with zero attached hydrogens (tertiary/aromatic N) is 2. The maximum atomic E-state index is 7.06. The Hall–Kier alpha value is -8.40. The molecule has 0 amide bonds. The molecular weight excluding hydrogens is 777 g/mol. The van der Waals surface area contributed by atoms with E-state index in [1.807, 2.05) is 0 Å². The third-order valence-corrected chi connectivity index (χ3v) is 13.4. The molecule has 1 aliphatic heterocycles. The van der Waals surface area contributed by atoms with E-state index >= 15 is 0 Å². The van der Waals surface area contributed by atoms with Gasteiger partial charge in [-0.25, -0.2) is 0 Å². The summed E-state index contributed by atoms with van der Waals surface area (Å²) in [7, 11) is 0. The van der Waals surface area contributed by atoms with Crippen LogP contribution < -0.4 is 9.64 Å². The van der Waals surface area contributed by atoms with Gasteiger partial charge >= 0.3 is 0 Å². The van der Waals surface area contributed by atoms with E-state index in [9.17, 15) is 0 Å². The number of anilines is 3. The van der Waals surface area contributed by atoms with E-state index in [0.29, 0.717) is 0 Å². The Kier molecular flexibility index (Phi) is 8.13. The van der Waals surface area contributed by atoms with Crippen LogP contribution in [0.5, 0.6) is 11.5 Å². The predicted molar refractivity (Wildman–Crippen MR) is 264 cm³/mol. The normalized spacial score (nSPS) is 14.4. The van der Waals surface area contributed by atoms with Crippen molar-refractivity contribution < 1.29 is 4.74 Å². The molecule has 13 rings (SSSR count). The van der Waals surface area contributed by atoms with Gasteiger partial charge in [0.1, 0.15) is 11.5 Å². The first kappa shape index (κ1) is 36.3. The van der Waals surface area contributed by atoms with Crippen molar-refractivity contribution in [3.05, 3.63) is 265 Å². The van der Waals surface area contributed by atoms with Gasteiger partial charge in [0.15, 0.2) is 0 Å². The number of hydrogen-bond donors (Lipinski definition) is 0. The third-order valence-electron chi connectivity index (χ3n) is 13.4. The first-order valence-corrected chi connectivity index (χ1v) is 22.0. The summed E-state index contributed by atoms with van der Waals surface area (Å²) in [5.41, 5.74) is 17.9. The Bertz CT molecular complexity index is 3580. The van der Waals surface area contributed by atoms with Crippen molar-refractivity contribution in [1.29, 1.82) is 0 Å². The summed E-state index contributed by atoms with van der Waals surface area (Å²) in [5, 5.41) is 2.46. The minimum absolute atomic E-state index is 0.684. The zero-order chi connectivity index (χ0) is 42.2. The second kappa shape index (κ2) is 14.3. The molecule has 11 aromatic rings. The third kappa shape index (κ3) is 5.34. The van der Waals surface area contributed by atoms with Gasteiger partial charge in [-0.05, 0) is 117 Å². The Labute approximate surface area is 372 Å². The second-order valence-electron chi connectivity index (χ2n) is 16.8. The summed E-state index contributed by atoms with van der Waals surface area (Å²) in [4.78, 5) is 2.42. The van der Waals surface area contributed by atoms with E-state index in [-0.39, 0.29) is 0 Å². The van der Waals surface area contributed by atoms with Gasteiger partial charge in [-0.3, -0.25) is 0 Å². The summed E-state index contributed by atoms with van der Waals surface area (Å²) >= 11 is 0. The summed E-state index contributed by atoms with van der Waals surface area (Å²) < 4.78 is 9.46. The number of para-hydroxylation sites is 4. The molecule has 1 aromatic heterocycles. The van der Waals surface area contributed by atoms with Crippen LogP contribution in [0.4, 0.5) is 17.1 Å². The van der Waals surface area contributed by atoms with Gasteiger partial charge < -0.3 is 14.2 Å². The zero-order valence-corrected chi connectivity index (χ0v) is 34.9. The average molecular weight is 817 g/mol. The molecule has 1 aliphatic carbocycles. The van der Waals surface area contributed by atoms with E-state index in [1.54, 1.807) is 0 Å². The van der Waals surface area contributed by atoms with Crippen LogP contribution in [-0.2, 0) is 5.41 Å². The SMILES string of the molecule is c1ccc(-c2cc3c(cc2-c2ccccc2)C2(c4ccccc4O3)c3ccccc3-c3ccc(N(c4ccccc4)c4ccc5c6ccccc6n(-c6ccccc6)c5c4)cc32)cc1. The maximum absolute atomic E-state index is 7.06. The van der Waals surface area contributed by atoms with Gasteiger partial charge in [0.25, 0.3) is 0 Å². The second-order valence-corrected chi connectivity index (χ2v) is 16.8.